The number of aromatic nitrogens is 2. The van der Waals surface area contributed by atoms with Gasteiger partial charge >= 0.3 is 12.1 Å². The molecular weight excluding hydrogens is 494 g/mol. The molecule has 8 N–H and O–H groups in total. The van der Waals surface area contributed by atoms with Gasteiger partial charge < -0.3 is 41.3 Å². The molecule has 0 aliphatic carbocycles. The van der Waals surface area contributed by atoms with Crippen LogP contribution in [0.25, 0.3) is 10.9 Å². The third-order valence-electron chi connectivity index (χ3n) is 5.39. The van der Waals surface area contributed by atoms with Crippen LogP contribution in [0.2, 0.25) is 0 Å². The van der Waals surface area contributed by atoms with E-state index in [4.69, 9.17) is 20.6 Å². The van der Waals surface area contributed by atoms with Gasteiger partial charge in [-0.25, -0.2) is 14.6 Å². The van der Waals surface area contributed by atoms with Crippen molar-refractivity contribution in [3.8, 4) is 0 Å². The van der Waals surface area contributed by atoms with Crippen LogP contribution in [0.5, 0.6) is 0 Å². The second-order valence-corrected chi connectivity index (χ2v) is 9.65. The Hall–Kier alpha value is -4.55. The molecule has 0 fully saturated rings. The summed E-state index contributed by atoms with van der Waals surface area (Å²) in [6, 6.07) is 5.72. The second kappa shape index (κ2) is 12.1. The summed E-state index contributed by atoms with van der Waals surface area (Å²) < 4.78 is 11.0. The number of carboxylic acids is 1. The van der Waals surface area contributed by atoms with E-state index in [-0.39, 0.29) is 36.9 Å². The molecule has 204 valence electrons. The number of fused-ring (bicyclic) bond motifs is 1. The SMILES string of the molecule is CC(C)(C)OC(=O)NC(Cc1c[nH]c2ccccc12)c1nc(C(=O)N[C@@H](CCCN=C(N)N)C(=O)O)co1. The fourth-order valence-electron chi connectivity index (χ4n) is 3.72. The molecule has 13 heteroatoms. The lowest BCUT2D eigenvalue weighted by Gasteiger charge is -2.22. The Bertz CT molecular complexity index is 1300. The maximum atomic E-state index is 12.8. The topological polar surface area (TPSA) is 211 Å². The Labute approximate surface area is 219 Å². The number of aliphatic carboxylic acids is 1. The number of hydrogen-bond donors (Lipinski definition) is 6. The van der Waals surface area contributed by atoms with Crippen LogP contribution >= 0.6 is 0 Å². The number of carbonyl (C=O) groups is 3. The van der Waals surface area contributed by atoms with Gasteiger partial charge in [0.2, 0.25) is 5.89 Å². The van der Waals surface area contributed by atoms with Crippen LogP contribution in [0.3, 0.4) is 0 Å². The molecule has 1 aromatic carbocycles. The number of guanidine groups is 1. The number of alkyl carbamates (subject to hydrolysis) is 1. The van der Waals surface area contributed by atoms with E-state index in [1.165, 1.54) is 0 Å². The van der Waals surface area contributed by atoms with Crippen molar-refractivity contribution in [3.05, 3.63) is 53.9 Å². The molecule has 13 nitrogen and oxygen atoms in total. The van der Waals surface area contributed by atoms with Crippen LogP contribution in [0.4, 0.5) is 4.79 Å². The molecular formula is C25H33N7O6. The number of aliphatic imine (C=N–C) groups is 1. The smallest absolute Gasteiger partial charge is 0.408 e. The molecule has 38 heavy (non-hydrogen) atoms. The highest BCUT2D eigenvalue weighted by molar-refractivity contribution is 5.94. The van der Waals surface area contributed by atoms with Gasteiger partial charge in [-0.05, 0) is 45.2 Å². The van der Waals surface area contributed by atoms with Crippen molar-refractivity contribution in [1.82, 2.24) is 20.6 Å². The summed E-state index contributed by atoms with van der Waals surface area (Å²) in [7, 11) is 0. The normalized spacial score (nSPS) is 12.9. The minimum atomic E-state index is -1.21. The second-order valence-electron chi connectivity index (χ2n) is 9.65. The van der Waals surface area contributed by atoms with Crippen LogP contribution in [0, 0.1) is 0 Å². The first-order chi connectivity index (χ1) is 17.9. The summed E-state index contributed by atoms with van der Waals surface area (Å²) in [5, 5.41) is 15.6. The number of rotatable bonds is 11. The Balaban J connectivity index is 1.77. The van der Waals surface area contributed by atoms with Crippen molar-refractivity contribution in [2.24, 2.45) is 16.5 Å². The summed E-state index contributed by atoms with van der Waals surface area (Å²) in [6.07, 6.45) is 2.98. The van der Waals surface area contributed by atoms with E-state index in [1.54, 1.807) is 20.8 Å². The number of aromatic amines is 1. The maximum Gasteiger partial charge on any atom is 0.408 e. The number of nitrogens with one attached hydrogen (secondary N) is 3. The first kappa shape index (κ1) is 28.0. The molecule has 2 amide bonds. The fraction of sp³-hybridized carbons (Fsp3) is 0.400. The summed E-state index contributed by atoms with van der Waals surface area (Å²) in [5.41, 5.74) is 11.5. The van der Waals surface area contributed by atoms with Crippen LogP contribution in [-0.4, -0.2) is 57.2 Å². The third kappa shape index (κ3) is 7.98. The number of para-hydroxylation sites is 1. The van der Waals surface area contributed by atoms with Crippen molar-refractivity contribution in [1.29, 1.82) is 0 Å². The zero-order valence-corrected chi connectivity index (χ0v) is 21.5. The number of benzene rings is 1. The number of oxazole rings is 1. The van der Waals surface area contributed by atoms with Crippen LogP contribution in [0.1, 0.15) is 61.6 Å². The molecule has 0 bridgehead atoms. The number of H-pyrrole nitrogens is 1. The highest BCUT2D eigenvalue weighted by Crippen LogP contribution is 2.25. The quantitative estimate of drug-likeness (QED) is 0.122. The van der Waals surface area contributed by atoms with E-state index in [0.29, 0.717) is 6.42 Å². The third-order valence-corrected chi connectivity index (χ3v) is 5.39. The van der Waals surface area contributed by atoms with Crippen molar-refractivity contribution in [2.75, 3.05) is 6.54 Å². The molecule has 3 rings (SSSR count). The highest BCUT2D eigenvalue weighted by atomic mass is 16.6. The lowest BCUT2D eigenvalue weighted by Crippen LogP contribution is -2.41. The molecule has 0 spiro atoms. The Morgan fingerprint density at radius 2 is 1.95 bits per heavy atom. The van der Waals surface area contributed by atoms with Crippen molar-refractivity contribution in [2.45, 2.75) is 57.7 Å². The van der Waals surface area contributed by atoms with Crippen molar-refractivity contribution in [3.63, 3.8) is 0 Å². The lowest BCUT2D eigenvalue weighted by atomic mass is 10.0. The van der Waals surface area contributed by atoms with Gasteiger partial charge in [-0.3, -0.25) is 9.79 Å². The first-order valence-electron chi connectivity index (χ1n) is 12.0. The molecule has 3 aromatic rings. The summed E-state index contributed by atoms with van der Waals surface area (Å²) >= 11 is 0. The molecule has 0 saturated heterocycles. The van der Waals surface area contributed by atoms with Crippen LogP contribution < -0.4 is 22.1 Å². The minimum Gasteiger partial charge on any atom is -0.480 e. The number of nitrogens with zero attached hydrogens (tertiary/aromatic N) is 2. The van der Waals surface area contributed by atoms with E-state index in [1.807, 2.05) is 30.5 Å². The standard InChI is InChI=1S/C25H33N7O6/c1-25(2,3)38-24(36)32-18(11-14-12-29-16-8-5-4-7-15(14)16)21-31-19(13-37-21)20(33)30-17(22(34)35)9-6-10-28-23(26)27/h4-5,7-8,12-13,17-18,29H,6,9-11H2,1-3H3,(H,30,33)(H,32,36)(H,34,35)(H4,26,27,28)/t17-,18?/m0/s1. The fourth-order valence-corrected chi connectivity index (χ4v) is 3.72. The molecule has 2 aromatic heterocycles. The Morgan fingerprint density at radius 1 is 1.21 bits per heavy atom. The summed E-state index contributed by atoms with van der Waals surface area (Å²) in [6.45, 7) is 5.45. The number of hydrogen-bond acceptors (Lipinski definition) is 7. The molecule has 0 aliphatic rings. The number of ether oxygens (including phenoxy) is 1. The van der Waals surface area contributed by atoms with Gasteiger partial charge in [0.25, 0.3) is 5.91 Å². The molecule has 0 aliphatic heterocycles. The zero-order valence-electron chi connectivity index (χ0n) is 21.5. The average Bonchev–Trinajstić information content (AvgIpc) is 3.47. The predicted octanol–water partition coefficient (Wildman–Crippen LogP) is 2.20. The first-order valence-corrected chi connectivity index (χ1v) is 12.0. The summed E-state index contributed by atoms with van der Waals surface area (Å²) in [4.78, 5) is 48.2. The Morgan fingerprint density at radius 3 is 2.63 bits per heavy atom. The monoisotopic (exact) mass is 527 g/mol. The minimum absolute atomic E-state index is 0.0610. The van der Waals surface area contributed by atoms with E-state index in [0.717, 1.165) is 22.7 Å². The van der Waals surface area contributed by atoms with Gasteiger partial charge in [-0.2, -0.15) is 0 Å². The van der Waals surface area contributed by atoms with Crippen LogP contribution in [-0.2, 0) is 16.0 Å². The zero-order chi connectivity index (χ0) is 27.9. The molecule has 0 saturated carbocycles. The average molecular weight is 528 g/mol. The number of carboxylic acid groups (broad SMARTS) is 1. The van der Waals surface area contributed by atoms with Crippen molar-refractivity contribution < 1.29 is 28.6 Å². The van der Waals surface area contributed by atoms with E-state index >= 15 is 0 Å². The van der Waals surface area contributed by atoms with Gasteiger partial charge in [0, 0.05) is 30.1 Å². The van der Waals surface area contributed by atoms with E-state index < -0.39 is 35.7 Å². The van der Waals surface area contributed by atoms with Crippen molar-refractivity contribution >= 4 is 34.8 Å². The van der Waals surface area contributed by atoms with Gasteiger partial charge in [-0.15, -0.1) is 0 Å². The predicted molar refractivity (Wildman–Crippen MR) is 139 cm³/mol. The number of carbonyl (C=O) groups excluding carboxylic acids is 2. The summed E-state index contributed by atoms with van der Waals surface area (Å²) in [5.74, 6) is -1.99. The lowest BCUT2D eigenvalue weighted by molar-refractivity contribution is -0.139. The molecule has 2 atom stereocenters. The van der Waals surface area contributed by atoms with Crippen LogP contribution in [0.15, 0.2) is 46.1 Å². The molecule has 0 radical (unpaired) electrons. The van der Waals surface area contributed by atoms with E-state index in [9.17, 15) is 19.5 Å². The van der Waals surface area contributed by atoms with Gasteiger partial charge in [0.15, 0.2) is 11.7 Å². The largest absolute Gasteiger partial charge is 0.480 e. The maximum absolute atomic E-state index is 12.8. The van der Waals surface area contributed by atoms with Gasteiger partial charge in [-0.1, -0.05) is 18.2 Å². The molecule has 2 heterocycles. The number of nitrogens with two attached hydrogens (primary N) is 2. The molecule has 1 unspecified atom stereocenters. The Kier molecular flexibility index (Phi) is 8.94. The van der Waals surface area contributed by atoms with Gasteiger partial charge in [0.1, 0.15) is 23.9 Å². The number of amides is 2. The van der Waals surface area contributed by atoms with Gasteiger partial charge in [0.05, 0.1) is 0 Å². The van der Waals surface area contributed by atoms with E-state index in [2.05, 4.69) is 25.6 Å². The highest BCUT2D eigenvalue weighted by Gasteiger charge is 2.27.